The second-order valence-electron chi connectivity index (χ2n) is 4.26. The molecule has 1 saturated heterocycles. The second-order valence-corrected chi connectivity index (χ2v) is 4.26. The summed E-state index contributed by atoms with van der Waals surface area (Å²) in [6.07, 6.45) is 3.26. The quantitative estimate of drug-likeness (QED) is 0.824. The molecule has 0 bridgehead atoms. The van der Waals surface area contributed by atoms with E-state index in [2.05, 4.69) is 4.98 Å². The number of carbonyl (C=O) groups is 1. The maximum Gasteiger partial charge on any atom is 0.409 e. The summed E-state index contributed by atoms with van der Waals surface area (Å²) in [5.41, 5.74) is 6.95. The van der Waals surface area contributed by atoms with Gasteiger partial charge < -0.3 is 15.4 Å². The van der Waals surface area contributed by atoms with Crippen LogP contribution in [-0.4, -0.2) is 42.7 Å². The Morgan fingerprint density at radius 2 is 2.24 bits per heavy atom. The minimum Gasteiger partial charge on any atom is -0.453 e. The van der Waals surface area contributed by atoms with Gasteiger partial charge in [0.1, 0.15) is 0 Å². The van der Waals surface area contributed by atoms with E-state index in [1.165, 1.54) is 12.7 Å². The van der Waals surface area contributed by atoms with Crippen molar-refractivity contribution in [1.82, 2.24) is 9.88 Å². The van der Waals surface area contributed by atoms with Crippen LogP contribution in [-0.2, 0) is 4.74 Å². The number of nitrogens with zero attached hydrogens (tertiary/aromatic N) is 2. The van der Waals surface area contributed by atoms with E-state index in [1.54, 1.807) is 17.3 Å². The Labute approximate surface area is 101 Å². The van der Waals surface area contributed by atoms with E-state index in [1.807, 2.05) is 12.1 Å². The van der Waals surface area contributed by atoms with Crippen molar-refractivity contribution in [1.29, 1.82) is 0 Å². The molecule has 0 aromatic carbocycles. The molecule has 1 aromatic rings. The average molecular weight is 235 g/mol. The first kappa shape index (κ1) is 11.9. The summed E-state index contributed by atoms with van der Waals surface area (Å²) in [6, 6.07) is 3.96. The highest BCUT2D eigenvalue weighted by Gasteiger charge is 2.35. The SMILES string of the molecule is COC(=O)N1CC(CN)C(c2ccncc2)C1. The lowest BCUT2D eigenvalue weighted by atomic mass is 9.90. The zero-order chi connectivity index (χ0) is 12.3. The fraction of sp³-hybridized carbons (Fsp3) is 0.500. The van der Waals surface area contributed by atoms with Crippen LogP contribution in [0.25, 0.3) is 0 Å². The molecule has 2 heterocycles. The zero-order valence-electron chi connectivity index (χ0n) is 9.87. The molecular weight excluding hydrogens is 218 g/mol. The van der Waals surface area contributed by atoms with Crippen LogP contribution >= 0.6 is 0 Å². The van der Waals surface area contributed by atoms with E-state index < -0.39 is 0 Å². The van der Waals surface area contributed by atoms with E-state index in [-0.39, 0.29) is 17.9 Å². The minimum atomic E-state index is -0.278. The molecule has 0 aliphatic carbocycles. The number of rotatable bonds is 2. The molecule has 2 rings (SSSR count). The number of ether oxygens (including phenoxy) is 1. The van der Waals surface area contributed by atoms with E-state index in [9.17, 15) is 4.79 Å². The monoisotopic (exact) mass is 235 g/mol. The number of amides is 1. The summed E-state index contributed by atoms with van der Waals surface area (Å²) in [5.74, 6) is 0.568. The van der Waals surface area contributed by atoms with Gasteiger partial charge in [0, 0.05) is 31.4 Å². The smallest absolute Gasteiger partial charge is 0.409 e. The zero-order valence-corrected chi connectivity index (χ0v) is 9.87. The molecule has 5 nitrogen and oxygen atoms in total. The van der Waals surface area contributed by atoms with Gasteiger partial charge in [-0.25, -0.2) is 4.79 Å². The standard InChI is InChI=1S/C12H17N3O2/c1-17-12(16)15-7-10(6-13)11(8-15)9-2-4-14-5-3-9/h2-5,10-11H,6-8,13H2,1H3. The number of carbonyl (C=O) groups excluding carboxylic acids is 1. The first-order chi connectivity index (χ1) is 8.26. The predicted molar refractivity (Wildman–Crippen MR) is 63.5 cm³/mol. The van der Waals surface area contributed by atoms with Crippen molar-refractivity contribution in [3.05, 3.63) is 30.1 Å². The molecule has 17 heavy (non-hydrogen) atoms. The first-order valence-corrected chi connectivity index (χ1v) is 5.69. The summed E-state index contributed by atoms with van der Waals surface area (Å²) in [7, 11) is 1.40. The molecule has 2 unspecified atom stereocenters. The van der Waals surface area contributed by atoms with Gasteiger partial charge in [0.2, 0.25) is 0 Å². The Hall–Kier alpha value is -1.62. The summed E-state index contributed by atoms with van der Waals surface area (Å²) >= 11 is 0. The maximum absolute atomic E-state index is 11.5. The van der Waals surface area contributed by atoms with E-state index >= 15 is 0 Å². The van der Waals surface area contributed by atoms with Crippen molar-refractivity contribution in [2.45, 2.75) is 5.92 Å². The molecule has 1 aromatic heterocycles. The summed E-state index contributed by atoms with van der Waals surface area (Å²) in [5, 5.41) is 0. The molecule has 1 fully saturated rings. The van der Waals surface area contributed by atoms with Crippen LogP contribution in [0.1, 0.15) is 11.5 Å². The highest BCUT2D eigenvalue weighted by molar-refractivity contribution is 5.68. The number of hydrogen-bond acceptors (Lipinski definition) is 4. The Morgan fingerprint density at radius 1 is 1.53 bits per heavy atom. The highest BCUT2D eigenvalue weighted by atomic mass is 16.5. The number of hydrogen-bond donors (Lipinski definition) is 1. The third-order valence-corrected chi connectivity index (χ3v) is 3.31. The molecule has 5 heteroatoms. The Morgan fingerprint density at radius 3 is 2.82 bits per heavy atom. The fourth-order valence-electron chi connectivity index (χ4n) is 2.38. The Kier molecular flexibility index (Phi) is 3.58. The van der Waals surface area contributed by atoms with Crippen LogP contribution in [0.3, 0.4) is 0 Å². The van der Waals surface area contributed by atoms with Crippen LogP contribution in [0.5, 0.6) is 0 Å². The van der Waals surface area contributed by atoms with Gasteiger partial charge in [-0.3, -0.25) is 4.98 Å². The average Bonchev–Trinajstić information content (AvgIpc) is 2.83. The number of pyridine rings is 1. The van der Waals surface area contributed by atoms with Crippen LogP contribution in [0.15, 0.2) is 24.5 Å². The lowest BCUT2D eigenvalue weighted by molar-refractivity contribution is 0.131. The van der Waals surface area contributed by atoms with Gasteiger partial charge in [-0.15, -0.1) is 0 Å². The molecule has 2 atom stereocenters. The molecular formula is C12H17N3O2. The van der Waals surface area contributed by atoms with Gasteiger partial charge in [0.25, 0.3) is 0 Å². The van der Waals surface area contributed by atoms with Crippen molar-refractivity contribution < 1.29 is 9.53 Å². The van der Waals surface area contributed by atoms with Crippen molar-refractivity contribution in [2.24, 2.45) is 11.7 Å². The number of nitrogens with two attached hydrogens (primary N) is 1. The second kappa shape index (κ2) is 5.14. The van der Waals surface area contributed by atoms with Crippen molar-refractivity contribution >= 4 is 6.09 Å². The fourth-order valence-corrected chi connectivity index (χ4v) is 2.38. The molecule has 1 aliphatic heterocycles. The number of methoxy groups -OCH3 is 1. The first-order valence-electron chi connectivity index (χ1n) is 5.69. The number of likely N-dealkylation sites (tertiary alicyclic amines) is 1. The van der Waals surface area contributed by atoms with E-state index in [0.717, 1.165) is 0 Å². The van der Waals surface area contributed by atoms with Gasteiger partial charge in [-0.2, -0.15) is 0 Å². The normalized spacial score (nSPS) is 23.8. The molecule has 92 valence electrons. The molecule has 0 spiro atoms. The third kappa shape index (κ3) is 2.39. The van der Waals surface area contributed by atoms with Crippen molar-refractivity contribution in [3.8, 4) is 0 Å². The Bertz CT molecular complexity index is 383. The molecule has 2 N–H and O–H groups in total. The topological polar surface area (TPSA) is 68.5 Å². The van der Waals surface area contributed by atoms with E-state index in [0.29, 0.717) is 19.6 Å². The summed E-state index contributed by atoms with van der Waals surface area (Å²) in [4.78, 5) is 17.2. The van der Waals surface area contributed by atoms with Crippen LogP contribution in [0.4, 0.5) is 4.79 Å². The highest BCUT2D eigenvalue weighted by Crippen LogP contribution is 2.31. The molecule has 1 aliphatic rings. The molecule has 0 saturated carbocycles. The lowest BCUT2D eigenvalue weighted by Gasteiger charge is -2.15. The van der Waals surface area contributed by atoms with Gasteiger partial charge in [-0.05, 0) is 30.2 Å². The lowest BCUT2D eigenvalue weighted by Crippen LogP contribution is -2.29. The van der Waals surface area contributed by atoms with E-state index in [4.69, 9.17) is 10.5 Å². The molecule has 0 radical (unpaired) electrons. The van der Waals surface area contributed by atoms with Gasteiger partial charge >= 0.3 is 6.09 Å². The maximum atomic E-state index is 11.5. The van der Waals surface area contributed by atoms with Gasteiger partial charge in [0.15, 0.2) is 0 Å². The number of aromatic nitrogens is 1. The van der Waals surface area contributed by atoms with Gasteiger partial charge in [0.05, 0.1) is 7.11 Å². The van der Waals surface area contributed by atoms with Gasteiger partial charge in [-0.1, -0.05) is 0 Å². The summed E-state index contributed by atoms with van der Waals surface area (Å²) < 4.78 is 4.74. The summed E-state index contributed by atoms with van der Waals surface area (Å²) in [6.45, 7) is 1.90. The third-order valence-electron chi connectivity index (χ3n) is 3.31. The minimum absolute atomic E-state index is 0.278. The van der Waals surface area contributed by atoms with Crippen LogP contribution in [0.2, 0.25) is 0 Å². The van der Waals surface area contributed by atoms with Crippen molar-refractivity contribution in [2.75, 3.05) is 26.7 Å². The largest absolute Gasteiger partial charge is 0.453 e. The molecule has 1 amide bonds. The van der Waals surface area contributed by atoms with Crippen molar-refractivity contribution in [3.63, 3.8) is 0 Å². The van der Waals surface area contributed by atoms with Crippen LogP contribution in [0, 0.1) is 5.92 Å². The van der Waals surface area contributed by atoms with Crippen LogP contribution < -0.4 is 5.73 Å². The predicted octanol–water partition coefficient (Wildman–Crippen LogP) is 0.822. The Balaban J connectivity index is 2.15.